The van der Waals surface area contributed by atoms with Crippen LogP contribution in [0, 0.1) is 35.5 Å². The summed E-state index contributed by atoms with van der Waals surface area (Å²) in [5.41, 5.74) is 6.42. The molecule has 0 aromatic heterocycles. The quantitative estimate of drug-likeness (QED) is 0.488. The maximum atomic E-state index is 2.49. The van der Waals surface area contributed by atoms with Gasteiger partial charge in [-0.1, -0.05) is 97.1 Å². The van der Waals surface area contributed by atoms with Crippen molar-refractivity contribution < 1.29 is 0 Å². The molecule has 154 valence electrons. The zero-order valence-electron chi connectivity index (χ0n) is 18.0. The van der Waals surface area contributed by atoms with E-state index in [9.17, 15) is 0 Å². The highest BCUT2D eigenvalue weighted by Crippen LogP contribution is 2.65. The molecule has 5 aliphatic rings. The predicted molar refractivity (Wildman–Crippen MR) is 129 cm³/mol. The summed E-state index contributed by atoms with van der Waals surface area (Å²) >= 11 is 0. The average Bonchev–Trinajstić information content (AvgIpc) is 3.51. The summed E-state index contributed by atoms with van der Waals surface area (Å²) in [6.07, 6.45) is 24.4. The molecule has 2 aromatic rings. The van der Waals surface area contributed by atoms with E-state index in [4.69, 9.17) is 0 Å². The Hall–Kier alpha value is -2.60. The summed E-state index contributed by atoms with van der Waals surface area (Å²) in [6, 6.07) is 18.8. The molecule has 0 aliphatic heterocycles. The molecule has 0 nitrogen and oxygen atoms in total. The van der Waals surface area contributed by atoms with Crippen molar-refractivity contribution in [3.8, 4) is 11.1 Å². The molecule has 31 heavy (non-hydrogen) atoms. The lowest BCUT2D eigenvalue weighted by Crippen LogP contribution is -2.40. The van der Waals surface area contributed by atoms with Gasteiger partial charge in [0.1, 0.15) is 0 Å². The van der Waals surface area contributed by atoms with Gasteiger partial charge < -0.3 is 0 Å². The van der Waals surface area contributed by atoms with Gasteiger partial charge in [0.15, 0.2) is 0 Å². The first-order chi connectivity index (χ1) is 15.4. The molecule has 0 heterocycles. The number of hydrogen-bond donors (Lipinski definition) is 0. The fourth-order valence-corrected chi connectivity index (χ4v) is 8.18. The minimum atomic E-state index is 0.158. The minimum Gasteiger partial charge on any atom is -0.0808 e. The molecule has 5 aliphatic carbocycles. The molecule has 0 radical (unpaired) electrons. The molecule has 0 amide bonds. The van der Waals surface area contributed by atoms with Crippen LogP contribution in [-0.4, -0.2) is 0 Å². The highest BCUT2D eigenvalue weighted by molar-refractivity contribution is 5.81. The topological polar surface area (TPSA) is 0 Å². The second kappa shape index (κ2) is 6.70. The Bertz CT molecular complexity index is 1010. The SMILES string of the molecule is C1=CC2CC(C3(C4CC5C=CC=CC5C4)c4ccccc4-c4ccccc43)CC2C=C1. The van der Waals surface area contributed by atoms with Crippen LogP contribution in [0.5, 0.6) is 0 Å². The van der Waals surface area contributed by atoms with Crippen LogP contribution in [0.25, 0.3) is 11.1 Å². The molecule has 7 rings (SSSR count). The molecule has 4 unspecified atom stereocenters. The summed E-state index contributed by atoms with van der Waals surface area (Å²) in [5, 5.41) is 0. The van der Waals surface area contributed by atoms with Crippen LogP contribution in [0.1, 0.15) is 36.8 Å². The van der Waals surface area contributed by atoms with Crippen molar-refractivity contribution in [3.05, 3.63) is 108 Å². The minimum absolute atomic E-state index is 0.158. The lowest BCUT2D eigenvalue weighted by Gasteiger charge is -2.44. The van der Waals surface area contributed by atoms with E-state index in [1.165, 1.54) is 36.8 Å². The highest BCUT2D eigenvalue weighted by atomic mass is 14.6. The Balaban J connectivity index is 1.44. The van der Waals surface area contributed by atoms with Gasteiger partial charge in [0.05, 0.1) is 0 Å². The third kappa shape index (κ3) is 2.42. The van der Waals surface area contributed by atoms with Gasteiger partial charge in [0.2, 0.25) is 0 Å². The maximum Gasteiger partial charge on any atom is 0.0272 e. The van der Waals surface area contributed by atoms with E-state index in [-0.39, 0.29) is 5.41 Å². The average molecular weight is 403 g/mol. The standard InChI is InChI=1S/C31H30/c1-2-10-22-18-25(17-21(22)9-1)31(26-19-23-11-3-4-12-24(23)20-26)29-15-7-5-13-27(29)28-14-6-8-16-30(28)31/h1-16,21-26H,17-20H2. The van der Waals surface area contributed by atoms with Gasteiger partial charge in [0.25, 0.3) is 0 Å². The highest BCUT2D eigenvalue weighted by Gasteiger charge is 2.57. The first kappa shape index (κ1) is 18.0. The molecular formula is C31H30. The normalized spacial score (nSPS) is 35.6. The molecular weight excluding hydrogens is 372 g/mol. The smallest absolute Gasteiger partial charge is 0.0272 e. The third-order valence-electron chi connectivity index (χ3n) is 9.31. The van der Waals surface area contributed by atoms with E-state index in [0.717, 1.165) is 23.7 Å². The molecule has 0 N–H and O–H groups in total. The van der Waals surface area contributed by atoms with E-state index in [1.54, 1.807) is 11.1 Å². The number of benzene rings is 2. The Morgan fingerprint density at radius 3 is 1.23 bits per heavy atom. The molecule has 2 fully saturated rings. The number of rotatable bonds is 2. The zero-order valence-corrected chi connectivity index (χ0v) is 18.0. The van der Waals surface area contributed by atoms with Crippen molar-refractivity contribution in [3.63, 3.8) is 0 Å². The molecule has 2 saturated carbocycles. The van der Waals surface area contributed by atoms with Crippen LogP contribution in [0.4, 0.5) is 0 Å². The Morgan fingerprint density at radius 1 is 0.484 bits per heavy atom. The Morgan fingerprint density at radius 2 is 0.839 bits per heavy atom. The molecule has 2 aromatic carbocycles. The molecule has 0 heteroatoms. The molecule has 0 spiro atoms. The van der Waals surface area contributed by atoms with E-state index in [1.807, 2.05) is 0 Å². The summed E-state index contributed by atoms with van der Waals surface area (Å²) < 4.78 is 0. The van der Waals surface area contributed by atoms with E-state index < -0.39 is 0 Å². The van der Waals surface area contributed by atoms with Crippen molar-refractivity contribution in [2.45, 2.75) is 31.1 Å². The third-order valence-corrected chi connectivity index (χ3v) is 9.31. The van der Waals surface area contributed by atoms with Gasteiger partial charge in [-0.2, -0.15) is 0 Å². The molecule has 4 atom stereocenters. The zero-order chi connectivity index (χ0) is 20.4. The van der Waals surface area contributed by atoms with Crippen molar-refractivity contribution in [2.75, 3.05) is 0 Å². The fraction of sp³-hybridized carbons (Fsp3) is 0.355. The molecule has 0 bridgehead atoms. The van der Waals surface area contributed by atoms with Crippen LogP contribution < -0.4 is 0 Å². The number of allylic oxidation sites excluding steroid dienone is 8. The maximum absolute atomic E-state index is 2.49. The van der Waals surface area contributed by atoms with Gasteiger partial charge in [-0.3, -0.25) is 0 Å². The van der Waals surface area contributed by atoms with E-state index in [0.29, 0.717) is 11.8 Å². The van der Waals surface area contributed by atoms with Gasteiger partial charge in [0, 0.05) is 5.41 Å². The number of fused-ring (bicyclic) bond motifs is 5. The first-order valence-corrected chi connectivity index (χ1v) is 12.2. The van der Waals surface area contributed by atoms with Crippen LogP contribution >= 0.6 is 0 Å². The lowest BCUT2D eigenvalue weighted by atomic mass is 9.59. The van der Waals surface area contributed by atoms with Crippen LogP contribution in [0.15, 0.2) is 97.1 Å². The summed E-state index contributed by atoms with van der Waals surface area (Å²) in [5.74, 6) is 4.28. The largest absolute Gasteiger partial charge is 0.0808 e. The van der Waals surface area contributed by atoms with Crippen molar-refractivity contribution >= 4 is 0 Å². The monoisotopic (exact) mass is 402 g/mol. The Labute approximate surface area is 186 Å². The second-order valence-electron chi connectivity index (χ2n) is 10.5. The molecule has 0 saturated heterocycles. The van der Waals surface area contributed by atoms with E-state index in [2.05, 4.69) is 97.1 Å². The van der Waals surface area contributed by atoms with Crippen molar-refractivity contribution in [1.29, 1.82) is 0 Å². The van der Waals surface area contributed by atoms with Gasteiger partial charge in [-0.15, -0.1) is 0 Å². The fourth-order valence-electron chi connectivity index (χ4n) is 8.18. The summed E-state index contributed by atoms with van der Waals surface area (Å²) in [7, 11) is 0. The second-order valence-corrected chi connectivity index (χ2v) is 10.5. The number of hydrogen-bond acceptors (Lipinski definition) is 0. The summed E-state index contributed by atoms with van der Waals surface area (Å²) in [6.45, 7) is 0. The van der Waals surface area contributed by atoms with E-state index >= 15 is 0 Å². The summed E-state index contributed by atoms with van der Waals surface area (Å²) in [4.78, 5) is 0. The van der Waals surface area contributed by atoms with Crippen LogP contribution in [-0.2, 0) is 5.41 Å². The van der Waals surface area contributed by atoms with Gasteiger partial charge in [-0.05, 0) is 83.4 Å². The van der Waals surface area contributed by atoms with Gasteiger partial charge in [-0.25, -0.2) is 0 Å². The van der Waals surface area contributed by atoms with Crippen molar-refractivity contribution in [2.24, 2.45) is 35.5 Å². The van der Waals surface area contributed by atoms with Crippen molar-refractivity contribution in [1.82, 2.24) is 0 Å². The van der Waals surface area contributed by atoms with Crippen LogP contribution in [0.3, 0.4) is 0 Å². The van der Waals surface area contributed by atoms with Gasteiger partial charge >= 0.3 is 0 Å². The predicted octanol–water partition coefficient (Wildman–Crippen LogP) is 7.49. The lowest BCUT2D eigenvalue weighted by molar-refractivity contribution is 0.214. The first-order valence-electron chi connectivity index (χ1n) is 12.2. The Kier molecular flexibility index (Phi) is 3.89. The van der Waals surface area contributed by atoms with Crippen LogP contribution in [0.2, 0.25) is 0 Å².